The number of aliphatic carboxylic acids is 1. The lowest BCUT2D eigenvalue weighted by atomic mass is 10.0. The third-order valence-corrected chi connectivity index (χ3v) is 3.90. The van der Waals surface area contributed by atoms with Gasteiger partial charge in [0, 0.05) is 18.9 Å². The van der Waals surface area contributed by atoms with E-state index in [1.165, 1.54) is 0 Å². The Morgan fingerprint density at radius 1 is 1.10 bits per heavy atom. The topological polar surface area (TPSA) is 75.6 Å². The average Bonchev–Trinajstić information content (AvgIpc) is 2.41. The molecule has 1 fully saturated rings. The van der Waals surface area contributed by atoms with Crippen LogP contribution in [0.2, 0.25) is 0 Å². The molecule has 1 rings (SSSR count). The summed E-state index contributed by atoms with van der Waals surface area (Å²) in [7, 11) is 0. The first-order valence-corrected chi connectivity index (χ1v) is 8.22. The van der Waals surface area contributed by atoms with Gasteiger partial charge in [0.2, 0.25) is 0 Å². The number of carbonyl (C=O) groups is 2. The van der Waals surface area contributed by atoms with Crippen LogP contribution >= 0.6 is 0 Å². The van der Waals surface area contributed by atoms with Crippen molar-refractivity contribution in [3.05, 3.63) is 0 Å². The van der Waals surface area contributed by atoms with E-state index >= 15 is 0 Å². The van der Waals surface area contributed by atoms with Crippen LogP contribution in [0.1, 0.15) is 71.1 Å². The van der Waals surface area contributed by atoms with Gasteiger partial charge in [0.1, 0.15) is 6.10 Å². The summed E-state index contributed by atoms with van der Waals surface area (Å²) in [6.45, 7) is 3.04. The number of ether oxygens (including phenoxy) is 1. The molecular formula is C16H29NO4. The fourth-order valence-electron chi connectivity index (χ4n) is 2.69. The van der Waals surface area contributed by atoms with E-state index in [1.54, 1.807) is 0 Å². The number of piperidine rings is 1. The summed E-state index contributed by atoms with van der Waals surface area (Å²) in [6.07, 6.45) is 8.41. The minimum atomic E-state index is -0.718. The number of hydrogen-bond acceptors (Lipinski definition) is 4. The number of esters is 1. The molecule has 122 valence electrons. The number of hydrogen-bond donors (Lipinski definition) is 2. The van der Waals surface area contributed by atoms with Gasteiger partial charge in [0.15, 0.2) is 0 Å². The van der Waals surface area contributed by atoms with Gasteiger partial charge in [-0.25, -0.2) is 0 Å². The molecule has 0 bridgehead atoms. The van der Waals surface area contributed by atoms with Crippen LogP contribution in [0.3, 0.4) is 0 Å². The number of rotatable bonds is 10. The monoisotopic (exact) mass is 299 g/mol. The molecule has 5 nitrogen and oxygen atoms in total. The number of carbonyl (C=O) groups excluding carboxylic acids is 1. The highest BCUT2D eigenvalue weighted by Crippen LogP contribution is 2.14. The largest absolute Gasteiger partial charge is 0.481 e. The van der Waals surface area contributed by atoms with E-state index in [9.17, 15) is 9.59 Å². The molecule has 0 saturated carbocycles. The molecule has 21 heavy (non-hydrogen) atoms. The van der Waals surface area contributed by atoms with Gasteiger partial charge in [-0.15, -0.1) is 0 Å². The molecule has 1 saturated heterocycles. The molecule has 1 aliphatic rings. The molecule has 2 N–H and O–H groups in total. The number of nitrogens with one attached hydrogen (secondary N) is 1. The van der Waals surface area contributed by atoms with Crippen LogP contribution in [0, 0.1) is 0 Å². The van der Waals surface area contributed by atoms with Crippen molar-refractivity contribution in [2.24, 2.45) is 0 Å². The second-order valence-corrected chi connectivity index (χ2v) is 6.01. The second kappa shape index (κ2) is 10.6. The average molecular weight is 299 g/mol. The third-order valence-electron chi connectivity index (χ3n) is 3.90. The van der Waals surface area contributed by atoms with Crippen LogP contribution in [0.5, 0.6) is 0 Å². The lowest BCUT2D eigenvalue weighted by Gasteiger charge is -2.27. The molecular weight excluding hydrogens is 270 g/mol. The van der Waals surface area contributed by atoms with Crippen molar-refractivity contribution < 1.29 is 19.4 Å². The predicted octanol–water partition coefficient (Wildman–Crippen LogP) is 2.88. The van der Waals surface area contributed by atoms with E-state index in [-0.39, 0.29) is 18.5 Å². The van der Waals surface area contributed by atoms with Crippen LogP contribution < -0.4 is 5.32 Å². The first-order chi connectivity index (χ1) is 10.1. The molecule has 0 aromatic heterocycles. The molecule has 2 unspecified atom stereocenters. The molecule has 5 heteroatoms. The van der Waals surface area contributed by atoms with Crippen molar-refractivity contribution in [3.8, 4) is 0 Å². The van der Waals surface area contributed by atoms with Crippen LogP contribution in [0.25, 0.3) is 0 Å². The molecule has 1 heterocycles. The van der Waals surface area contributed by atoms with E-state index < -0.39 is 5.97 Å². The summed E-state index contributed by atoms with van der Waals surface area (Å²) in [5.41, 5.74) is 0. The van der Waals surface area contributed by atoms with Gasteiger partial charge in [-0.3, -0.25) is 9.59 Å². The Kier molecular flexibility index (Phi) is 9.06. The molecule has 0 amide bonds. The maximum Gasteiger partial charge on any atom is 0.306 e. The quantitative estimate of drug-likeness (QED) is 0.479. The van der Waals surface area contributed by atoms with Crippen molar-refractivity contribution in [2.75, 3.05) is 6.54 Å². The molecule has 0 radical (unpaired) electrons. The van der Waals surface area contributed by atoms with Gasteiger partial charge in [-0.2, -0.15) is 0 Å². The molecule has 0 spiro atoms. The lowest BCUT2D eigenvalue weighted by Crippen LogP contribution is -2.40. The summed E-state index contributed by atoms with van der Waals surface area (Å²) in [5.74, 6) is -0.787. The van der Waals surface area contributed by atoms with Crippen LogP contribution in [0.15, 0.2) is 0 Å². The third kappa shape index (κ3) is 9.45. The Morgan fingerprint density at radius 3 is 2.33 bits per heavy atom. The summed E-state index contributed by atoms with van der Waals surface area (Å²) < 4.78 is 5.49. The standard InChI is InChI=1S/C16H29NO4/c1-13-12-14(10-11-17-13)21-16(20)9-7-5-3-2-4-6-8-15(18)19/h13-14,17H,2-12H2,1H3,(H,18,19). The fraction of sp³-hybridized carbons (Fsp3) is 0.875. The lowest BCUT2D eigenvalue weighted by molar-refractivity contribution is -0.150. The van der Waals surface area contributed by atoms with Crippen molar-refractivity contribution >= 4 is 11.9 Å². The molecule has 0 aromatic rings. The van der Waals surface area contributed by atoms with Crippen LogP contribution in [0.4, 0.5) is 0 Å². The van der Waals surface area contributed by atoms with E-state index in [0.717, 1.165) is 57.9 Å². The van der Waals surface area contributed by atoms with Crippen molar-refractivity contribution in [1.82, 2.24) is 5.32 Å². The number of unbranched alkanes of at least 4 members (excludes halogenated alkanes) is 5. The zero-order valence-electron chi connectivity index (χ0n) is 13.1. The van der Waals surface area contributed by atoms with Gasteiger partial charge in [0.25, 0.3) is 0 Å². The smallest absolute Gasteiger partial charge is 0.306 e. The highest BCUT2D eigenvalue weighted by molar-refractivity contribution is 5.69. The zero-order chi connectivity index (χ0) is 15.5. The van der Waals surface area contributed by atoms with E-state index in [4.69, 9.17) is 9.84 Å². The SMILES string of the molecule is CC1CC(OC(=O)CCCCCCCCC(=O)O)CCN1. The Bertz CT molecular complexity index is 319. The Hall–Kier alpha value is -1.10. The molecule has 0 aliphatic carbocycles. The van der Waals surface area contributed by atoms with Gasteiger partial charge < -0.3 is 15.2 Å². The van der Waals surface area contributed by atoms with E-state index in [0.29, 0.717) is 12.5 Å². The summed E-state index contributed by atoms with van der Waals surface area (Å²) >= 11 is 0. The Labute approximate surface area is 127 Å². The summed E-state index contributed by atoms with van der Waals surface area (Å²) in [5, 5.41) is 11.9. The molecule has 1 aliphatic heterocycles. The minimum absolute atomic E-state index is 0.0695. The highest BCUT2D eigenvalue weighted by Gasteiger charge is 2.21. The fourth-order valence-corrected chi connectivity index (χ4v) is 2.69. The first kappa shape index (κ1) is 18.0. The van der Waals surface area contributed by atoms with E-state index in [2.05, 4.69) is 12.2 Å². The number of carboxylic acid groups (broad SMARTS) is 1. The second-order valence-electron chi connectivity index (χ2n) is 6.01. The van der Waals surface area contributed by atoms with Gasteiger partial charge >= 0.3 is 11.9 Å². The summed E-state index contributed by atoms with van der Waals surface area (Å²) in [4.78, 5) is 22.1. The van der Waals surface area contributed by atoms with Gasteiger partial charge in [0.05, 0.1) is 0 Å². The Balaban J connectivity index is 1.92. The first-order valence-electron chi connectivity index (χ1n) is 8.22. The van der Waals surface area contributed by atoms with Gasteiger partial charge in [-0.1, -0.05) is 25.7 Å². The normalized spacial score (nSPS) is 22.0. The zero-order valence-corrected chi connectivity index (χ0v) is 13.1. The molecule has 2 atom stereocenters. The van der Waals surface area contributed by atoms with Crippen molar-refractivity contribution in [2.45, 2.75) is 83.3 Å². The predicted molar refractivity (Wildman–Crippen MR) is 81.2 cm³/mol. The maximum atomic E-state index is 11.7. The van der Waals surface area contributed by atoms with Crippen LogP contribution in [-0.2, 0) is 14.3 Å². The van der Waals surface area contributed by atoms with E-state index in [1.807, 2.05) is 0 Å². The van der Waals surface area contributed by atoms with Crippen molar-refractivity contribution in [3.63, 3.8) is 0 Å². The highest BCUT2D eigenvalue weighted by atomic mass is 16.5. The maximum absolute atomic E-state index is 11.7. The minimum Gasteiger partial charge on any atom is -0.481 e. The number of carboxylic acids is 1. The van der Waals surface area contributed by atoms with Crippen LogP contribution in [-0.4, -0.2) is 35.7 Å². The summed E-state index contributed by atoms with van der Waals surface area (Å²) in [6, 6.07) is 0.433. The van der Waals surface area contributed by atoms with Gasteiger partial charge in [-0.05, 0) is 39.2 Å². The molecule has 0 aromatic carbocycles. The Morgan fingerprint density at radius 2 is 1.71 bits per heavy atom. The van der Waals surface area contributed by atoms with Crippen molar-refractivity contribution in [1.29, 1.82) is 0 Å².